The second-order valence-electron chi connectivity index (χ2n) is 2.92. The van der Waals surface area contributed by atoms with Gasteiger partial charge < -0.3 is 4.74 Å². The largest absolute Gasteiger partial charge is 0.440 e. The zero-order valence-electron chi connectivity index (χ0n) is 7.92. The molecular weight excluding hydrogens is 162 g/mol. The van der Waals surface area contributed by atoms with Crippen molar-refractivity contribution in [2.24, 2.45) is 0 Å². The molecule has 2 heteroatoms. The first-order valence-corrected chi connectivity index (χ1v) is 4.09. The van der Waals surface area contributed by atoms with Gasteiger partial charge in [-0.2, -0.15) is 0 Å². The molecule has 0 spiro atoms. The third-order valence-corrected chi connectivity index (χ3v) is 1.89. The molecule has 0 unspecified atom stereocenters. The van der Waals surface area contributed by atoms with E-state index in [0.29, 0.717) is 5.75 Å². The van der Waals surface area contributed by atoms with Gasteiger partial charge in [0.1, 0.15) is 5.75 Å². The summed E-state index contributed by atoms with van der Waals surface area (Å²) in [6.45, 7) is 7.50. The molecule has 68 valence electrons. The lowest BCUT2D eigenvalue weighted by atomic mass is 10.1. The van der Waals surface area contributed by atoms with Crippen LogP contribution in [0.3, 0.4) is 0 Å². The summed E-state index contributed by atoms with van der Waals surface area (Å²) in [4.78, 5) is 0. The van der Waals surface area contributed by atoms with Crippen molar-refractivity contribution >= 4 is 5.90 Å². The Kier molecular flexibility index (Phi) is 2.85. The summed E-state index contributed by atoms with van der Waals surface area (Å²) >= 11 is 0. The lowest BCUT2D eigenvalue weighted by molar-refractivity contribution is 0.550. The van der Waals surface area contributed by atoms with Crippen LogP contribution in [0, 0.1) is 19.3 Å². The second-order valence-corrected chi connectivity index (χ2v) is 2.92. The summed E-state index contributed by atoms with van der Waals surface area (Å²) in [5.41, 5.74) is 2.38. The van der Waals surface area contributed by atoms with E-state index in [2.05, 4.69) is 6.58 Å². The predicted molar refractivity (Wildman–Crippen MR) is 54.5 cm³/mol. The fourth-order valence-electron chi connectivity index (χ4n) is 0.946. The Bertz CT molecular complexity index is 342. The molecule has 0 atom stereocenters. The van der Waals surface area contributed by atoms with Gasteiger partial charge in [0.05, 0.1) is 0 Å². The van der Waals surface area contributed by atoms with E-state index in [1.807, 2.05) is 32.0 Å². The zero-order chi connectivity index (χ0) is 9.84. The first-order valence-electron chi connectivity index (χ1n) is 4.09. The van der Waals surface area contributed by atoms with Crippen molar-refractivity contribution in [3.05, 3.63) is 42.0 Å². The summed E-state index contributed by atoms with van der Waals surface area (Å²) in [6.07, 6.45) is 1.37. The van der Waals surface area contributed by atoms with Crippen molar-refractivity contribution in [1.29, 1.82) is 5.41 Å². The normalized spacial score (nSPS) is 9.38. The van der Waals surface area contributed by atoms with E-state index in [4.69, 9.17) is 10.1 Å². The molecule has 0 aliphatic heterocycles. The third-order valence-electron chi connectivity index (χ3n) is 1.89. The molecule has 0 heterocycles. The van der Waals surface area contributed by atoms with Crippen LogP contribution in [0.4, 0.5) is 0 Å². The van der Waals surface area contributed by atoms with Gasteiger partial charge in [0.15, 0.2) is 0 Å². The third kappa shape index (κ3) is 2.44. The highest BCUT2D eigenvalue weighted by Crippen LogP contribution is 2.16. The Morgan fingerprint density at radius 2 is 2.08 bits per heavy atom. The monoisotopic (exact) mass is 175 g/mol. The highest BCUT2D eigenvalue weighted by atomic mass is 16.5. The molecule has 13 heavy (non-hydrogen) atoms. The average molecular weight is 175 g/mol. The Morgan fingerprint density at radius 1 is 1.38 bits per heavy atom. The Hall–Kier alpha value is -1.57. The maximum absolute atomic E-state index is 7.26. The number of ether oxygens (including phenoxy) is 1. The molecule has 1 aromatic carbocycles. The molecular formula is C11H13NO. The van der Waals surface area contributed by atoms with Crippen molar-refractivity contribution in [3.63, 3.8) is 0 Å². The molecule has 0 aromatic heterocycles. The smallest absolute Gasteiger partial charge is 0.211 e. The highest BCUT2D eigenvalue weighted by Gasteiger charge is 1.98. The van der Waals surface area contributed by atoms with Crippen LogP contribution in [0.15, 0.2) is 30.9 Å². The van der Waals surface area contributed by atoms with E-state index in [9.17, 15) is 0 Å². The van der Waals surface area contributed by atoms with Crippen LogP contribution in [0.1, 0.15) is 11.1 Å². The van der Waals surface area contributed by atoms with Crippen LogP contribution >= 0.6 is 0 Å². The zero-order valence-corrected chi connectivity index (χ0v) is 7.92. The molecule has 1 N–H and O–H groups in total. The number of aryl methyl sites for hydroxylation is 2. The molecule has 0 aliphatic carbocycles. The maximum atomic E-state index is 7.26. The first-order chi connectivity index (χ1) is 6.13. The number of nitrogens with one attached hydrogen (secondary N) is 1. The number of benzene rings is 1. The number of rotatable bonds is 2. The fourth-order valence-corrected chi connectivity index (χ4v) is 0.946. The summed E-state index contributed by atoms with van der Waals surface area (Å²) in [7, 11) is 0. The number of hydrogen-bond donors (Lipinski definition) is 1. The summed E-state index contributed by atoms with van der Waals surface area (Å²) < 4.78 is 5.16. The summed E-state index contributed by atoms with van der Waals surface area (Å²) in [5.74, 6) is 0.760. The van der Waals surface area contributed by atoms with Gasteiger partial charge in [-0.25, -0.2) is 0 Å². The molecule has 2 nitrogen and oxygen atoms in total. The molecule has 0 fully saturated rings. The van der Waals surface area contributed by atoms with Gasteiger partial charge >= 0.3 is 0 Å². The molecule has 0 saturated heterocycles. The van der Waals surface area contributed by atoms with Gasteiger partial charge in [0.2, 0.25) is 5.90 Å². The van der Waals surface area contributed by atoms with E-state index in [-0.39, 0.29) is 5.90 Å². The maximum Gasteiger partial charge on any atom is 0.211 e. The Balaban J connectivity index is 2.85. The summed E-state index contributed by atoms with van der Waals surface area (Å²) in [6, 6.07) is 5.73. The van der Waals surface area contributed by atoms with Gasteiger partial charge in [0, 0.05) is 0 Å². The van der Waals surface area contributed by atoms with Crippen LogP contribution in [-0.4, -0.2) is 5.90 Å². The minimum Gasteiger partial charge on any atom is -0.440 e. The molecule has 0 aliphatic rings. The first kappa shape index (κ1) is 9.52. The molecule has 0 radical (unpaired) electrons. The van der Waals surface area contributed by atoms with Gasteiger partial charge in [-0.15, -0.1) is 0 Å². The highest BCUT2D eigenvalue weighted by molar-refractivity contribution is 5.86. The van der Waals surface area contributed by atoms with Crippen molar-refractivity contribution < 1.29 is 4.74 Å². The minimum atomic E-state index is 0.0725. The lowest BCUT2D eigenvalue weighted by Gasteiger charge is -2.05. The van der Waals surface area contributed by atoms with Crippen LogP contribution in [0.25, 0.3) is 0 Å². The van der Waals surface area contributed by atoms with Crippen LogP contribution in [0.5, 0.6) is 5.75 Å². The van der Waals surface area contributed by atoms with Gasteiger partial charge in [0.25, 0.3) is 0 Å². The van der Waals surface area contributed by atoms with E-state index >= 15 is 0 Å². The fraction of sp³-hybridized carbons (Fsp3) is 0.182. The molecule has 0 bridgehead atoms. The Labute approximate surface area is 78.4 Å². The van der Waals surface area contributed by atoms with Crippen molar-refractivity contribution in [3.8, 4) is 5.75 Å². The van der Waals surface area contributed by atoms with Crippen molar-refractivity contribution in [2.75, 3.05) is 0 Å². The van der Waals surface area contributed by atoms with Crippen LogP contribution in [-0.2, 0) is 0 Å². The summed E-state index contributed by atoms with van der Waals surface area (Å²) in [5, 5.41) is 7.26. The molecule has 0 saturated carbocycles. The van der Waals surface area contributed by atoms with E-state index in [1.54, 1.807) is 0 Å². The van der Waals surface area contributed by atoms with Gasteiger partial charge in [-0.1, -0.05) is 12.6 Å². The second kappa shape index (κ2) is 3.90. The molecule has 0 amide bonds. The predicted octanol–water partition coefficient (Wildman–Crippen LogP) is 2.85. The minimum absolute atomic E-state index is 0.0725. The standard InChI is InChI=1S/C11H13NO/c1-4-11(12)13-10-6-5-8(2)9(3)7-10/h4-7,12H,1H2,2-3H3. The lowest BCUT2D eigenvalue weighted by Crippen LogP contribution is -2.02. The van der Waals surface area contributed by atoms with E-state index in [1.165, 1.54) is 11.6 Å². The van der Waals surface area contributed by atoms with Crippen molar-refractivity contribution in [1.82, 2.24) is 0 Å². The Morgan fingerprint density at radius 3 is 2.62 bits per heavy atom. The van der Waals surface area contributed by atoms with E-state index in [0.717, 1.165) is 5.56 Å². The van der Waals surface area contributed by atoms with Crippen molar-refractivity contribution in [2.45, 2.75) is 13.8 Å². The average Bonchev–Trinajstić information content (AvgIpc) is 2.11. The van der Waals surface area contributed by atoms with Gasteiger partial charge in [-0.05, 0) is 43.2 Å². The SMILES string of the molecule is C=CC(=N)Oc1ccc(C)c(C)c1. The molecule has 1 aromatic rings. The van der Waals surface area contributed by atoms with E-state index < -0.39 is 0 Å². The van der Waals surface area contributed by atoms with Gasteiger partial charge in [-0.3, -0.25) is 5.41 Å². The number of hydrogen-bond acceptors (Lipinski definition) is 2. The topological polar surface area (TPSA) is 33.1 Å². The quantitative estimate of drug-likeness (QED) is 0.544. The van der Waals surface area contributed by atoms with Crippen LogP contribution < -0.4 is 4.74 Å². The molecule has 1 rings (SSSR count). The van der Waals surface area contributed by atoms with Crippen LogP contribution in [0.2, 0.25) is 0 Å².